The smallest absolute Gasteiger partial charge is 0.251 e. The van der Waals surface area contributed by atoms with Gasteiger partial charge >= 0.3 is 0 Å². The average Bonchev–Trinajstić information content (AvgIpc) is 2.59. The van der Waals surface area contributed by atoms with E-state index < -0.39 is 0 Å². The van der Waals surface area contributed by atoms with Gasteiger partial charge in [0, 0.05) is 12.1 Å². The van der Waals surface area contributed by atoms with Crippen LogP contribution in [0.1, 0.15) is 36.2 Å². The highest BCUT2D eigenvalue weighted by Crippen LogP contribution is 2.29. The molecule has 122 valence electrons. The van der Waals surface area contributed by atoms with Crippen LogP contribution in [0.4, 0.5) is 0 Å². The van der Waals surface area contributed by atoms with Crippen molar-refractivity contribution in [3.05, 3.63) is 59.7 Å². The molecule has 0 aromatic heterocycles. The first-order chi connectivity index (χ1) is 11.2. The molecule has 0 bridgehead atoms. The molecule has 0 aliphatic carbocycles. The van der Waals surface area contributed by atoms with Crippen LogP contribution in [-0.4, -0.2) is 19.1 Å². The number of amides is 1. The Morgan fingerprint density at radius 3 is 2.48 bits per heavy atom. The molecule has 0 unspecified atom stereocenters. The second-order valence-electron chi connectivity index (χ2n) is 5.12. The summed E-state index contributed by atoms with van der Waals surface area (Å²) in [6.07, 6.45) is 0.905. The molecule has 4 nitrogen and oxygen atoms in total. The van der Waals surface area contributed by atoms with E-state index in [1.165, 1.54) is 0 Å². The van der Waals surface area contributed by atoms with E-state index in [-0.39, 0.29) is 5.91 Å². The van der Waals surface area contributed by atoms with Gasteiger partial charge in [0.05, 0.1) is 6.61 Å². The molecule has 0 spiro atoms. The second-order valence-corrected chi connectivity index (χ2v) is 5.12. The summed E-state index contributed by atoms with van der Waals surface area (Å²) in [6.45, 7) is 5.57. The zero-order valence-corrected chi connectivity index (χ0v) is 13.7. The number of carbonyl (C=O) groups excluding carboxylic acids is 1. The minimum atomic E-state index is -0.0950. The molecule has 2 aromatic rings. The number of rotatable bonds is 8. The van der Waals surface area contributed by atoms with Crippen LogP contribution in [0.3, 0.4) is 0 Å². The fourth-order valence-electron chi connectivity index (χ4n) is 2.11. The molecule has 0 radical (unpaired) electrons. The van der Waals surface area contributed by atoms with Gasteiger partial charge in [-0.05, 0) is 37.1 Å². The Bertz CT molecular complexity index is 626. The summed E-state index contributed by atoms with van der Waals surface area (Å²) in [4.78, 5) is 12.0. The van der Waals surface area contributed by atoms with Gasteiger partial charge in [0.25, 0.3) is 5.91 Å². The van der Waals surface area contributed by atoms with Gasteiger partial charge in [-0.2, -0.15) is 0 Å². The quantitative estimate of drug-likeness (QED) is 0.806. The number of benzene rings is 2. The Kier molecular flexibility index (Phi) is 6.48. The number of hydrogen-bond acceptors (Lipinski definition) is 3. The van der Waals surface area contributed by atoms with Crippen LogP contribution in [0.2, 0.25) is 0 Å². The van der Waals surface area contributed by atoms with Gasteiger partial charge in [-0.15, -0.1) is 0 Å². The average molecular weight is 313 g/mol. The second kappa shape index (κ2) is 8.83. The predicted octanol–water partition coefficient (Wildman–Crippen LogP) is 3.80. The van der Waals surface area contributed by atoms with Crippen molar-refractivity contribution in [2.75, 3.05) is 13.2 Å². The van der Waals surface area contributed by atoms with Crippen molar-refractivity contribution < 1.29 is 14.3 Å². The monoisotopic (exact) mass is 313 g/mol. The fourth-order valence-corrected chi connectivity index (χ4v) is 2.11. The third-order valence-electron chi connectivity index (χ3n) is 3.28. The van der Waals surface area contributed by atoms with Crippen molar-refractivity contribution in [2.45, 2.75) is 26.9 Å². The van der Waals surface area contributed by atoms with Crippen molar-refractivity contribution in [2.24, 2.45) is 0 Å². The lowest BCUT2D eigenvalue weighted by Gasteiger charge is -2.13. The minimum Gasteiger partial charge on any atom is -0.490 e. The van der Waals surface area contributed by atoms with Crippen LogP contribution < -0.4 is 14.8 Å². The van der Waals surface area contributed by atoms with E-state index in [0.29, 0.717) is 36.8 Å². The van der Waals surface area contributed by atoms with E-state index in [1.54, 1.807) is 18.2 Å². The number of hydrogen-bond donors (Lipinski definition) is 1. The number of nitrogens with one attached hydrogen (secondary N) is 1. The Hall–Kier alpha value is -2.49. The van der Waals surface area contributed by atoms with Gasteiger partial charge in [-0.25, -0.2) is 0 Å². The summed E-state index contributed by atoms with van der Waals surface area (Å²) in [6, 6.07) is 15.2. The van der Waals surface area contributed by atoms with Gasteiger partial charge in [-0.3, -0.25) is 4.79 Å². The molecule has 0 heterocycles. The number of carbonyl (C=O) groups is 1. The molecule has 0 saturated heterocycles. The third-order valence-corrected chi connectivity index (χ3v) is 3.28. The summed E-state index contributed by atoms with van der Waals surface area (Å²) in [5.74, 6) is 1.14. The Morgan fingerprint density at radius 1 is 1.00 bits per heavy atom. The maximum atomic E-state index is 12.0. The van der Waals surface area contributed by atoms with Crippen LogP contribution in [0.15, 0.2) is 48.5 Å². The van der Waals surface area contributed by atoms with Crippen molar-refractivity contribution in [1.82, 2.24) is 5.32 Å². The largest absolute Gasteiger partial charge is 0.490 e. The van der Waals surface area contributed by atoms with Crippen LogP contribution in [0, 0.1) is 0 Å². The first-order valence-electron chi connectivity index (χ1n) is 7.96. The molecule has 0 aliphatic heterocycles. The Balaban J connectivity index is 2.11. The first kappa shape index (κ1) is 16.9. The third kappa shape index (κ3) is 5.02. The molecular formula is C19H23NO3. The van der Waals surface area contributed by atoms with Crippen LogP contribution >= 0.6 is 0 Å². The molecule has 2 aromatic carbocycles. The van der Waals surface area contributed by atoms with Gasteiger partial charge < -0.3 is 14.8 Å². The maximum Gasteiger partial charge on any atom is 0.251 e. The van der Waals surface area contributed by atoms with Crippen LogP contribution in [-0.2, 0) is 6.61 Å². The normalized spacial score (nSPS) is 10.2. The van der Waals surface area contributed by atoms with E-state index in [4.69, 9.17) is 9.47 Å². The highest BCUT2D eigenvalue weighted by Gasteiger charge is 2.11. The van der Waals surface area contributed by atoms with Crippen LogP contribution in [0.25, 0.3) is 0 Å². The zero-order chi connectivity index (χ0) is 16.5. The van der Waals surface area contributed by atoms with E-state index in [9.17, 15) is 4.79 Å². The minimum absolute atomic E-state index is 0.0950. The molecule has 0 atom stereocenters. The molecule has 4 heteroatoms. The fraction of sp³-hybridized carbons (Fsp3) is 0.316. The molecule has 0 fully saturated rings. The van der Waals surface area contributed by atoms with Crippen molar-refractivity contribution in [1.29, 1.82) is 0 Å². The molecule has 23 heavy (non-hydrogen) atoms. The lowest BCUT2D eigenvalue weighted by molar-refractivity contribution is 0.0953. The van der Waals surface area contributed by atoms with Gasteiger partial charge in [-0.1, -0.05) is 37.3 Å². The van der Waals surface area contributed by atoms with Gasteiger partial charge in [0.2, 0.25) is 0 Å². The first-order valence-corrected chi connectivity index (χ1v) is 7.96. The lowest BCUT2D eigenvalue weighted by Crippen LogP contribution is -2.23. The SMILES string of the molecule is CCCNC(=O)c1ccc(OCc2ccccc2)c(OCC)c1. The molecule has 2 rings (SSSR count). The summed E-state index contributed by atoms with van der Waals surface area (Å²) >= 11 is 0. The highest BCUT2D eigenvalue weighted by molar-refractivity contribution is 5.94. The van der Waals surface area contributed by atoms with E-state index >= 15 is 0 Å². The molecule has 1 amide bonds. The predicted molar refractivity (Wildman–Crippen MR) is 91.0 cm³/mol. The highest BCUT2D eigenvalue weighted by atomic mass is 16.5. The summed E-state index contributed by atoms with van der Waals surface area (Å²) in [7, 11) is 0. The van der Waals surface area contributed by atoms with Crippen molar-refractivity contribution in [3.8, 4) is 11.5 Å². The van der Waals surface area contributed by atoms with Gasteiger partial charge in [0.1, 0.15) is 6.61 Å². The van der Waals surface area contributed by atoms with Gasteiger partial charge in [0.15, 0.2) is 11.5 Å². The van der Waals surface area contributed by atoms with Crippen molar-refractivity contribution >= 4 is 5.91 Å². The Morgan fingerprint density at radius 2 is 1.78 bits per heavy atom. The Labute approximate surface area is 137 Å². The maximum absolute atomic E-state index is 12.0. The lowest BCUT2D eigenvalue weighted by atomic mass is 10.2. The van der Waals surface area contributed by atoms with E-state index in [0.717, 1.165) is 12.0 Å². The van der Waals surface area contributed by atoms with E-state index in [2.05, 4.69) is 5.32 Å². The summed E-state index contributed by atoms with van der Waals surface area (Å²) in [5.41, 5.74) is 1.66. The molecule has 1 N–H and O–H groups in total. The molecule has 0 saturated carbocycles. The number of ether oxygens (including phenoxy) is 2. The summed E-state index contributed by atoms with van der Waals surface area (Å²) in [5, 5.41) is 2.86. The molecular weight excluding hydrogens is 290 g/mol. The topological polar surface area (TPSA) is 47.6 Å². The van der Waals surface area contributed by atoms with Crippen molar-refractivity contribution in [3.63, 3.8) is 0 Å². The zero-order valence-electron chi connectivity index (χ0n) is 13.7. The van der Waals surface area contributed by atoms with E-state index in [1.807, 2.05) is 44.2 Å². The standard InChI is InChI=1S/C19H23NO3/c1-3-12-20-19(21)16-10-11-17(18(13-16)22-4-2)23-14-15-8-6-5-7-9-15/h5-11,13H,3-4,12,14H2,1-2H3,(H,20,21). The van der Waals surface area contributed by atoms with Crippen LogP contribution in [0.5, 0.6) is 11.5 Å². The molecule has 0 aliphatic rings. The summed E-state index contributed by atoms with van der Waals surface area (Å²) < 4.78 is 11.5.